The van der Waals surface area contributed by atoms with Gasteiger partial charge >= 0.3 is 0 Å². The Morgan fingerprint density at radius 2 is 1.94 bits per heavy atom. The molecule has 1 aromatic carbocycles. The number of nitrogens with zero attached hydrogens (tertiary/aromatic N) is 6. The molecule has 0 saturated carbocycles. The summed E-state index contributed by atoms with van der Waals surface area (Å²) in [7, 11) is 0. The van der Waals surface area contributed by atoms with Gasteiger partial charge in [0.25, 0.3) is 0 Å². The van der Waals surface area contributed by atoms with Crippen molar-refractivity contribution < 1.29 is 4.74 Å². The average molecular weight is 458 g/mol. The predicted molar refractivity (Wildman–Crippen MR) is 123 cm³/mol. The molecular formula is C21H21Cl2N7O. The Hall–Kier alpha value is -2.68. The molecule has 31 heavy (non-hydrogen) atoms. The minimum Gasteiger partial charge on any atom is -0.384 e. The number of rotatable bonds is 6. The molecule has 5 rings (SSSR count). The first-order valence-electron chi connectivity index (χ1n) is 10.2. The monoisotopic (exact) mass is 457 g/mol. The molecule has 3 aromatic heterocycles. The van der Waals surface area contributed by atoms with Gasteiger partial charge in [-0.25, -0.2) is 4.98 Å². The fourth-order valence-electron chi connectivity index (χ4n) is 3.81. The molecule has 0 bridgehead atoms. The van der Waals surface area contributed by atoms with Crippen LogP contribution in [0.15, 0.2) is 36.8 Å². The van der Waals surface area contributed by atoms with Crippen molar-refractivity contribution in [2.75, 3.05) is 43.1 Å². The molecular weight excluding hydrogens is 437 g/mol. The van der Waals surface area contributed by atoms with Crippen molar-refractivity contribution >= 4 is 56.8 Å². The zero-order valence-electron chi connectivity index (χ0n) is 16.8. The van der Waals surface area contributed by atoms with Crippen LogP contribution in [0, 0.1) is 0 Å². The largest absolute Gasteiger partial charge is 0.384 e. The Kier molecular flexibility index (Phi) is 5.76. The van der Waals surface area contributed by atoms with Crippen LogP contribution < -0.4 is 10.2 Å². The van der Waals surface area contributed by atoms with Crippen LogP contribution in [0.3, 0.4) is 0 Å². The molecule has 4 aromatic rings. The number of halogens is 2. The molecule has 0 spiro atoms. The van der Waals surface area contributed by atoms with E-state index in [4.69, 9.17) is 27.9 Å². The summed E-state index contributed by atoms with van der Waals surface area (Å²) in [4.78, 5) is 20.0. The van der Waals surface area contributed by atoms with Gasteiger partial charge in [-0.3, -0.25) is 4.98 Å². The maximum absolute atomic E-state index is 6.23. The molecule has 4 heterocycles. The number of benzene rings is 1. The van der Waals surface area contributed by atoms with E-state index in [1.807, 2.05) is 35.2 Å². The SMILES string of the molecule is Clc1ccc2c(NCCCn3cnc4c(N5CCOCC5)nc(Cl)nc43)ccnc2c1. The van der Waals surface area contributed by atoms with Crippen LogP contribution in [0.4, 0.5) is 11.5 Å². The van der Waals surface area contributed by atoms with Gasteiger partial charge in [-0.15, -0.1) is 0 Å². The third-order valence-corrected chi connectivity index (χ3v) is 5.73. The number of pyridine rings is 1. The maximum atomic E-state index is 6.23. The lowest BCUT2D eigenvalue weighted by molar-refractivity contribution is 0.122. The second-order valence-corrected chi connectivity index (χ2v) is 8.10. The Bertz CT molecular complexity index is 1220. The lowest BCUT2D eigenvalue weighted by atomic mass is 10.2. The van der Waals surface area contributed by atoms with Crippen LogP contribution in [0.2, 0.25) is 10.3 Å². The second-order valence-electron chi connectivity index (χ2n) is 7.33. The number of morpholine rings is 1. The zero-order chi connectivity index (χ0) is 21.2. The average Bonchev–Trinajstić information content (AvgIpc) is 3.19. The number of imidazole rings is 1. The van der Waals surface area contributed by atoms with E-state index in [0.717, 1.165) is 66.2 Å². The molecule has 10 heteroatoms. The fraction of sp³-hybridized carbons (Fsp3) is 0.333. The van der Waals surface area contributed by atoms with Crippen molar-refractivity contribution in [1.82, 2.24) is 24.5 Å². The first-order valence-corrected chi connectivity index (χ1v) is 10.9. The van der Waals surface area contributed by atoms with Crippen molar-refractivity contribution in [3.8, 4) is 0 Å². The van der Waals surface area contributed by atoms with Crippen LogP contribution in [0.1, 0.15) is 6.42 Å². The Morgan fingerprint density at radius 1 is 1.06 bits per heavy atom. The van der Waals surface area contributed by atoms with E-state index in [9.17, 15) is 0 Å². The van der Waals surface area contributed by atoms with E-state index in [-0.39, 0.29) is 5.28 Å². The summed E-state index contributed by atoms with van der Waals surface area (Å²) < 4.78 is 7.47. The van der Waals surface area contributed by atoms with Gasteiger partial charge < -0.3 is 19.5 Å². The highest BCUT2D eigenvalue weighted by Gasteiger charge is 2.20. The number of aryl methyl sites for hydroxylation is 1. The van der Waals surface area contributed by atoms with Crippen molar-refractivity contribution in [3.63, 3.8) is 0 Å². The van der Waals surface area contributed by atoms with E-state index >= 15 is 0 Å². The Morgan fingerprint density at radius 3 is 2.81 bits per heavy atom. The van der Waals surface area contributed by atoms with Crippen molar-refractivity contribution in [2.45, 2.75) is 13.0 Å². The summed E-state index contributed by atoms with van der Waals surface area (Å²) >= 11 is 12.3. The van der Waals surface area contributed by atoms with Crippen LogP contribution in [-0.2, 0) is 11.3 Å². The summed E-state index contributed by atoms with van der Waals surface area (Å²) in [5.74, 6) is 0.775. The lowest BCUT2D eigenvalue weighted by Gasteiger charge is -2.27. The highest BCUT2D eigenvalue weighted by atomic mass is 35.5. The number of aromatic nitrogens is 5. The molecule has 0 radical (unpaired) electrons. The smallest absolute Gasteiger partial charge is 0.226 e. The highest BCUT2D eigenvalue weighted by molar-refractivity contribution is 6.31. The maximum Gasteiger partial charge on any atom is 0.226 e. The van der Waals surface area contributed by atoms with Crippen LogP contribution in [0.5, 0.6) is 0 Å². The molecule has 160 valence electrons. The van der Waals surface area contributed by atoms with Crippen LogP contribution in [0.25, 0.3) is 22.1 Å². The molecule has 1 N–H and O–H groups in total. The molecule has 8 nitrogen and oxygen atoms in total. The van der Waals surface area contributed by atoms with Gasteiger partial charge in [-0.05, 0) is 42.3 Å². The molecule has 1 saturated heterocycles. The molecule has 1 aliphatic heterocycles. The minimum absolute atomic E-state index is 0.232. The van der Waals surface area contributed by atoms with Gasteiger partial charge in [-0.1, -0.05) is 11.6 Å². The number of nitrogens with one attached hydrogen (secondary N) is 1. The number of anilines is 2. The predicted octanol–water partition coefficient (Wildman–Crippen LogP) is 4.02. The summed E-state index contributed by atoms with van der Waals surface area (Å²) in [5, 5.41) is 5.46. The van der Waals surface area contributed by atoms with Gasteiger partial charge in [0.2, 0.25) is 5.28 Å². The van der Waals surface area contributed by atoms with E-state index in [0.29, 0.717) is 18.2 Å². The van der Waals surface area contributed by atoms with Gasteiger partial charge in [0, 0.05) is 48.5 Å². The minimum atomic E-state index is 0.232. The normalized spacial score (nSPS) is 14.5. The number of hydrogen-bond acceptors (Lipinski definition) is 7. The fourth-order valence-corrected chi connectivity index (χ4v) is 4.14. The van der Waals surface area contributed by atoms with Crippen molar-refractivity contribution in [3.05, 3.63) is 47.1 Å². The quantitative estimate of drug-likeness (QED) is 0.345. The first kappa shape index (κ1) is 20.2. The van der Waals surface area contributed by atoms with Crippen LogP contribution >= 0.6 is 23.2 Å². The van der Waals surface area contributed by atoms with Gasteiger partial charge in [0.1, 0.15) is 0 Å². The van der Waals surface area contributed by atoms with Gasteiger partial charge in [0.15, 0.2) is 17.0 Å². The molecule has 0 aliphatic carbocycles. The van der Waals surface area contributed by atoms with Crippen LogP contribution in [-0.4, -0.2) is 57.4 Å². The number of ether oxygens (including phenoxy) is 1. The third-order valence-electron chi connectivity index (χ3n) is 5.32. The Labute approximate surface area is 189 Å². The summed E-state index contributed by atoms with van der Waals surface area (Å²) in [5.41, 5.74) is 3.44. The second kappa shape index (κ2) is 8.82. The Balaban J connectivity index is 1.29. The van der Waals surface area contributed by atoms with Gasteiger partial charge in [-0.2, -0.15) is 9.97 Å². The molecule has 1 aliphatic rings. The van der Waals surface area contributed by atoms with E-state index in [2.05, 4.69) is 30.2 Å². The summed E-state index contributed by atoms with van der Waals surface area (Å²) in [6.07, 6.45) is 4.48. The van der Waals surface area contributed by atoms with Crippen molar-refractivity contribution in [1.29, 1.82) is 0 Å². The lowest BCUT2D eigenvalue weighted by Crippen LogP contribution is -2.37. The molecule has 0 amide bonds. The molecule has 1 fully saturated rings. The van der Waals surface area contributed by atoms with Crippen molar-refractivity contribution in [2.24, 2.45) is 0 Å². The number of fused-ring (bicyclic) bond motifs is 2. The first-order chi connectivity index (χ1) is 15.2. The third kappa shape index (κ3) is 4.23. The van der Waals surface area contributed by atoms with E-state index in [1.54, 1.807) is 6.20 Å². The highest BCUT2D eigenvalue weighted by Crippen LogP contribution is 2.26. The number of hydrogen-bond donors (Lipinski definition) is 1. The summed E-state index contributed by atoms with van der Waals surface area (Å²) in [6, 6.07) is 7.71. The topological polar surface area (TPSA) is 81.0 Å². The van der Waals surface area contributed by atoms with E-state index in [1.165, 1.54) is 0 Å². The summed E-state index contributed by atoms with van der Waals surface area (Å²) in [6.45, 7) is 4.43. The van der Waals surface area contributed by atoms with E-state index < -0.39 is 0 Å². The molecule has 0 atom stereocenters. The molecule has 0 unspecified atom stereocenters. The standard InChI is InChI=1S/C21H21Cl2N7O/c22-14-2-3-15-16(4-6-25-17(15)12-14)24-5-1-7-30-13-26-18-19(27-21(23)28-20(18)30)29-8-10-31-11-9-29/h2-4,6,12-13H,1,5,7-11H2,(H,24,25). The van der Waals surface area contributed by atoms with Gasteiger partial charge in [0.05, 0.1) is 25.1 Å². The zero-order valence-corrected chi connectivity index (χ0v) is 18.3.